The molecule has 6 nitrogen and oxygen atoms in total. The first-order valence-electron chi connectivity index (χ1n) is 10.00. The van der Waals surface area contributed by atoms with Crippen molar-refractivity contribution >= 4 is 34.7 Å². The monoisotopic (exact) mass is 430 g/mol. The summed E-state index contributed by atoms with van der Waals surface area (Å²) in [5, 5.41) is 2.35. The summed E-state index contributed by atoms with van der Waals surface area (Å²) < 4.78 is 1.74. The van der Waals surface area contributed by atoms with Gasteiger partial charge in [0.05, 0.1) is 23.1 Å². The lowest BCUT2D eigenvalue weighted by Gasteiger charge is -2.25. The maximum atomic E-state index is 12.8. The summed E-state index contributed by atoms with van der Waals surface area (Å²) in [6.07, 6.45) is 0.119. The Morgan fingerprint density at radius 3 is 2.32 bits per heavy atom. The van der Waals surface area contributed by atoms with Crippen molar-refractivity contribution in [3.63, 3.8) is 0 Å². The first-order chi connectivity index (χ1) is 15.1. The molecule has 156 valence electrons. The molecular weight excluding hydrogens is 408 g/mol. The van der Waals surface area contributed by atoms with Crippen molar-refractivity contribution in [2.45, 2.75) is 19.5 Å². The molecule has 0 spiro atoms. The van der Waals surface area contributed by atoms with Crippen LogP contribution in [0.1, 0.15) is 12.0 Å². The highest BCUT2D eigenvalue weighted by atomic mass is 32.1. The average Bonchev–Trinajstić information content (AvgIpc) is 2.80. The molecular formula is C24H22N4O2S. The highest BCUT2D eigenvalue weighted by Crippen LogP contribution is 2.15. The first kappa shape index (κ1) is 20.6. The molecule has 2 N–H and O–H groups in total. The van der Waals surface area contributed by atoms with E-state index in [1.165, 1.54) is 4.57 Å². The molecule has 0 aliphatic heterocycles. The molecule has 0 radical (unpaired) electrons. The van der Waals surface area contributed by atoms with Crippen molar-refractivity contribution in [1.82, 2.24) is 15.0 Å². The highest BCUT2D eigenvalue weighted by Gasteiger charge is 2.13. The number of aromatic nitrogens is 2. The van der Waals surface area contributed by atoms with Crippen molar-refractivity contribution < 1.29 is 4.79 Å². The van der Waals surface area contributed by atoms with E-state index in [-0.39, 0.29) is 24.4 Å². The molecule has 4 rings (SSSR count). The summed E-state index contributed by atoms with van der Waals surface area (Å²) in [4.78, 5) is 28.6. The third-order valence-electron chi connectivity index (χ3n) is 4.96. The molecule has 31 heavy (non-hydrogen) atoms. The van der Waals surface area contributed by atoms with Crippen molar-refractivity contribution in [3.8, 4) is 0 Å². The Kier molecular flexibility index (Phi) is 6.24. The van der Waals surface area contributed by atoms with Gasteiger partial charge in [0.25, 0.3) is 5.56 Å². The van der Waals surface area contributed by atoms with E-state index < -0.39 is 0 Å². The standard InChI is InChI=1S/C24H22N4O2S/c29-22(15-16-27-23(30)20-13-7-8-14-21(20)25-24(27)31)26-28(19-11-5-2-6-12-19)17-18-9-3-1-4-10-18/h1-14H,15-17H2,(H,25,31)(H,26,29). The van der Waals surface area contributed by atoms with Crippen LogP contribution in [-0.2, 0) is 17.9 Å². The van der Waals surface area contributed by atoms with Crippen LogP contribution < -0.4 is 16.0 Å². The predicted octanol–water partition coefficient (Wildman–Crippen LogP) is 4.19. The maximum absolute atomic E-state index is 12.8. The van der Waals surface area contributed by atoms with E-state index in [4.69, 9.17) is 12.2 Å². The molecule has 0 fully saturated rings. The van der Waals surface area contributed by atoms with Crippen LogP contribution in [0.5, 0.6) is 0 Å². The van der Waals surface area contributed by atoms with Gasteiger partial charge in [-0.25, -0.2) is 0 Å². The van der Waals surface area contributed by atoms with Crippen LogP contribution in [0.3, 0.4) is 0 Å². The van der Waals surface area contributed by atoms with E-state index in [1.807, 2.05) is 77.8 Å². The van der Waals surface area contributed by atoms with Gasteiger partial charge < -0.3 is 4.98 Å². The quantitative estimate of drug-likeness (QED) is 0.341. The van der Waals surface area contributed by atoms with E-state index in [0.29, 0.717) is 22.2 Å². The number of nitrogens with zero attached hydrogens (tertiary/aromatic N) is 2. The lowest BCUT2D eigenvalue weighted by molar-refractivity contribution is -0.121. The third-order valence-corrected chi connectivity index (χ3v) is 5.29. The van der Waals surface area contributed by atoms with Crippen LogP contribution in [0, 0.1) is 4.77 Å². The van der Waals surface area contributed by atoms with Crippen LogP contribution in [0.25, 0.3) is 10.9 Å². The molecule has 0 bridgehead atoms. The molecule has 3 aromatic carbocycles. The molecule has 0 atom stereocenters. The third kappa shape index (κ3) is 4.90. The fraction of sp³-hybridized carbons (Fsp3) is 0.125. The number of carbonyl (C=O) groups is 1. The fourth-order valence-electron chi connectivity index (χ4n) is 3.39. The Morgan fingerprint density at radius 2 is 1.58 bits per heavy atom. The first-order valence-corrected chi connectivity index (χ1v) is 10.4. The topological polar surface area (TPSA) is 70.1 Å². The Balaban J connectivity index is 1.50. The van der Waals surface area contributed by atoms with Gasteiger partial charge in [-0.15, -0.1) is 0 Å². The van der Waals surface area contributed by atoms with Crippen LogP contribution in [-0.4, -0.2) is 15.5 Å². The van der Waals surface area contributed by atoms with Gasteiger partial charge >= 0.3 is 0 Å². The number of aromatic amines is 1. The summed E-state index contributed by atoms with van der Waals surface area (Å²) in [6, 6.07) is 26.8. The summed E-state index contributed by atoms with van der Waals surface area (Å²) >= 11 is 5.34. The number of hydrogen-bond acceptors (Lipinski definition) is 4. The fourth-order valence-corrected chi connectivity index (χ4v) is 3.68. The zero-order chi connectivity index (χ0) is 21.6. The van der Waals surface area contributed by atoms with E-state index in [1.54, 1.807) is 12.1 Å². The van der Waals surface area contributed by atoms with Gasteiger partial charge in [0, 0.05) is 13.0 Å². The van der Waals surface area contributed by atoms with Gasteiger partial charge in [0.1, 0.15) is 0 Å². The lowest BCUT2D eigenvalue weighted by atomic mass is 10.2. The number of rotatable bonds is 7. The maximum Gasteiger partial charge on any atom is 0.262 e. The van der Waals surface area contributed by atoms with Gasteiger partial charge in [-0.1, -0.05) is 60.7 Å². The zero-order valence-corrected chi connectivity index (χ0v) is 17.6. The van der Waals surface area contributed by atoms with E-state index in [2.05, 4.69) is 10.4 Å². The minimum absolute atomic E-state index is 0.119. The van der Waals surface area contributed by atoms with Gasteiger partial charge in [0.2, 0.25) is 5.91 Å². The molecule has 0 saturated carbocycles. The average molecular weight is 431 g/mol. The normalized spacial score (nSPS) is 10.7. The van der Waals surface area contributed by atoms with Crippen LogP contribution in [0.15, 0.2) is 89.7 Å². The van der Waals surface area contributed by atoms with Crippen LogP contribution >= 0.6 is 12.2 Å². The Bertz CT molecular complexity index is 1300. The SMILES string of the molecule is O=C(CCn1c(=S)[nH]c2ccccc2c1=O)NN(Cc1ccccc1)c1ccccc1. The molecule has 7 heteroatoms. The summed E-state index contributed by atoms with van der Waals surface area (Å²) in [7, 11) is 0. The van der Waals surface area contributed by atoms with Gasteiger partial charge in [-0.2, -0.15) is 0 Å². The summed E-state index contributed by atoms with van der Waals surface area (Å²) in [5.41, 5.74) is 5.40. The largest absolute Gasteiger partial charge is 0.332 e. The zero-order valence-electron chi connectivity index (χ0n) is 16.8. The number of carbonyl (C=O) groups excluding carboxylic acids is 1. The Hall–Kier alpha value is -3.71. The minimum atomic E-state index is -0.200. The van der Waals surface area contributed by atoms with Crippen molar-refractivity contribution in [2.75, 3.05) is 5.01 Å². The summed E-state index contributed by atoms with van der Waals surface area (Å²) in [5.74, 6) is -0.200. The number of para-hydroxylation sites is 2. The molecule has 0 aliphatic carbocycles. The Labute approximate surface area is 184 Å². The van der Waals surface area contributed by atoms with E-state index in [9.17, 15) is 9.59 Å². The lowest BCUT2D eigenvalue weighted by Crippen LogP contribution is -2.42. The molecule has 1 aromatic heterocycles. The van der Waals surface area contributed by atoms with Crippen molar-refractivity contribution in [3.05, 3.63) is 106 Å². The number of H-pyrrole nitrogens is 1. The van der Waals surface area contributed by atoms with Gasteiger partial charge in [0.15, 0.2) is 4.77 Å². The van der Waals surface area contributed by atoms with Gasteiger partial charge in [-0.05, 0) is 42.0 Å². The number of anilines is 1. The van der Waals surface area contributed by atoms with Crippen molar-refractivity contribution in [1.29, 1.82) is 0 Å². The smallest absolute Gasteiger partial charge is 0.262 e. The molecule has 1 amide bonds. The number of nitrogens with one attached hydrogen (secondary N) is 2. The summed E-state index contributed by atoms with van der Waals surface area (Å²) in [6.45, 7) is 0.714. The van der Waals surface area contributed by atoms with Gasteiger partial charge in [-0.3, -0.25) is 24.6 Å². The van der Waals surface area contributed by atoms with Crippen LogP contribution in [0.4, 0.5) is 5.69 Å². The second kappa shape index (κ2) is 9.40. The molecule has 0 aliphatic rings. The minimum Gasteiger partial charge on any atom is -0.332 e. The van der Waals surface area contributed by atoms with Crippen LogP contribution in [0.2, 0.25) is 0 Å². The second-order valence-corrected chi connectivity index (χ2v) is 7.51. The Morgan fingerprint density at radius 1 is 0.935 bits per heavy atom. The number of hydrazine groups is 1. The molecule has 0 unspecified atom stereocenters. The molecule has 0 saturated heterocycles. The number of benzene rings is 3. The van der Waals surface area contributed by atoms with Crippen molar-refractivity contribution in [2.24, 2.45) is 0 Å². The molecule has 1 heterocycles. The number of hydrogen-bond donors (Lipinski definition) is 2. The molecule has 4 aromatic rings. The number of fused-ring (bicyclic) bond motifs is 1. The highest BCUT2D eigenvalue weighted by molar-refractivity contribution is 7.71. The number of amides is 1. The second-order valence-electron chi connectivity index (χ2n) is 7.12. The predicted molar refractivity (Wildman–Crippen MR) is 125 cm³/mol. The van der Waals surface area contributed by atoms with E-state index >= 15 is 0 Å². The van der Waals surface area contributed by atoms with E-state index in [0.717, 1.165) is 11.3 Å².